The van der Waals surface area contributed by atoms with E-state index in [4.69, 9.17) is 0 Å². The van der Waals surface area contributed by atoms with Gasteiger partial charge < -0.3 is 15.1 Å². The highest BCUT2D eigenvalue weighted by molar-refractivity contribution is 5.78. The molecule has 0 aromatic rings. The zero-order valence-electron chi connectivity index (χ0n) is 10.8. The van der Waals surface area contributed by atoms with Crippen molar-refractivity contribution >= 4 is 5.91 Å². The van der Waals surface area contributed by atoms with Crippen molar-refractivity contribution in [2.75, 3.05) is 13.1 Å². The number of carbonyl (C=O) groups is 1. The van der Waals surface area contributed by atoms with Gasteiger partial charge in [0.15, 0.2) is 0 Å². The van der Waals surface area contributed by atoms with Crippen molar-refractivity contribution in [1.29, 1.82) is 0 Å². The highest BCUT2D eigenvalue weighted by atomic mass is 16.3. The Morgan fingerprint density at radius 2 is 1.94 bits per heavy atom. The smallest absolute Gasteiger partial charge is 0.225 e. The van der Waals surface area contributed by atoms with Crippen LogP contribution in [0.3, 0.4) is 0 Å². The molecule has 1 rings (SSSR count). The van der Waals surface area contributed by atoms with Gasteiger partial charge in [0.1, 0.15) is 0 Å². The minimum absolute atomic E-state index is 0.0115. The number of amides is 1. The maximum atomic E-state index is 11.7. The maximum absolute atomic E-state index is 11.7. The van der Waals surface area contributed by atoms with E-state index in [2.05, 4.69) is 0 Å². The van der Waals surface area contributed by atoms with Gasteiger partial charge in [-0.05, 0) is 12.8 Å². The van der Waals surface area contributed by atoms with Crippen LogP contribution in [0.25, 0.3) is 0 Å². The maximum Gasteiger partial charge on any atom is 0.225 e. The van der Waals surface area contributed by atoms with Crippen molar-refractivity contribution in [3.8, 4) is 0 Å². The summed E-state index contributed by atoms with van der Waals surface area (Å²) in [5.41, 5.74) is 0. The Labute approximate surface area is 98.3 Å². The Hall–Kier alpha value is -0.610. The van der Waals surface area contributed by atoms with Gasteiger partial charge in [-0.3, -0.25) is 4.79 Å². The van der Waals surface area contributed by atoms with Crippen molar-refractivity contribution in [3.63, 3.8) is 0 Å². The summed E-state index contributed by atoms with van der Waals surface area (Å²) in [5, 5.41) is 18.7. The Balaban J connectivity index is 0.00000106. The first-order chi connectivity index (χ1) is 7.56. The van der Waals surface area contributed by atoms with E-state index in [-0.39, 0.29) is 18.4 Å². The van der Waals surface area contributed by atoms with Crippen molar-refractivity contribution < 1.29 is 15.0 Å². The first-order valence-corrected chi connectivity index (χ1v) is 6.21. The lowest BCUT2D eigenvalue weighted by Crippen LogP contribution is -2.50. The second kappa shape index (κ2) is 7.63. The number of hydrogen-bond donors (Lipinski definition) is 2. The molecule has 0 aliphatic carbocycles. The normalized spacial score (nSPS) is 26.8. The molecule has 0 bridgehead atoms. The van der Waals surface area contributed by atoms with Gasteiger partial charge in [-0.2, -0.15) is 0 Å². The number of piperidine rings is 1. The molecule has 2 N–H and O–H groups in total. The minimum atomic E-state index is -0.781. The molecular weight excluding hydrogens is 206 g/mol. The molecule has 16 heavy (non-hydrogen) atoms. The third-order valence-corrected chi connectivity index (χ3v) is 2.89. The quantitative estimate of drug-likeness (QED) is 0.745. The predicted octanol–water partition coefficient (Wildman–Crippen LogP) is 1.01. The third-order valence-electron chi connectivity index (χ3n) is 2.89. The van der Waals surface area contributed by atoms with Crippen LogP contribution in [0.15, 0.2) is 0 Å². The first-order valence-electron chi connectivity index (χ1n) is 6.21. The topological polar surface area (TPSA) is 60.8 Å². The summed E-state index contributed by atoms with van der Waals surface area (Å²) in [4.78, 5) is 13.4. The SMILES string of the molecule is CC.CCC(C)C(=O)N1CCC(O)C(O)C1. The molecule has 1 amide bonds. The number of hydrogen-bond acceptors (Lipinski definition) is 3. The van der Waals surface area contributed by atoms with Crippen molar-refractivity contribution in [2.45, 2.75) is 52.7 Å². The summed E-state index contributed by atoms with van der Waals surface area (Å²) >= 11 is 0. The number of aliphatic hydroxyl groups excluding tert-OH is 2. The standard InChI is InChI=1S/C10H19NO3.C2H6/c1-3-7(2)10(14)11-5-4-8(12)9(13)6-11;1-2/h7-9,12-13H,3-6H2,1-2H3;1-2H3. The Morgan fingerprint density at radius 1 is 1.38 bits per heavy atom. The summed E-state index contributed by atoms with van der Waals surface area (Å²) in [5.74, 6) is 0.0934. The molecule has 0 aromatic carbocycles. The minimum Gasteiger partial charge on any atom is -0.390 e. The Morgan fingerprint density at radius 3 is 2.38 bits per heavy atom. The lowest BCUT2D eigenvalue weighted by atomic mass is 10.0. The van der Waals surface area contributed by atoms with Crippen LogP contribution < -0.4 is 0 Å². The molecule has 0 radical (unpaired) electrons. The molecule has 1 saturated heterocycles. The van der Waals surface area contributed by atoms with E-state index in [1.54, 1.807) is 4.90 Å². The lowest BCUT2D eigenvalue weighted by molar-refractivity contribution is -0.141. The molecular formula is C12H25NO3. The van der Waals surface area contributed by atoms with Crippen LogP contribution in [0.1, 0.15) is 40.5 Å². The molecule has 3 atom stereocenters. The van der Waals surface area contributed by atoms with Gasteiger partial charge in [0, 0.05) is 19.0 Å². The highest BCUT2D eigenvalue weighted by Gasteiger charge is 2.29. The lowest BCUT2D eigenvalue weighted by Gasteiger charge is -2.34. The summed E-state index contributed by atoms with van der Waals surface area (Å²) < 4.78 is 0. The summed E-state index contributed by atoms with van der Waals surface area (Å²) in [6, 6.07) is 0. The Kier molecular flexibility index (Phi) is 7.34. The van der Waals surface area contributed by atoms with Crippen molar-refractivity contribution in [2.24, 2.45) is 5.92 Å². The van der Waals surface area contributed by atoms with Crippen LogP contribution in [0.5, 0.6) is 0 Å². The molecule has 0 aromatic heterocycles. The molecule has 3 unspecified atom stereocenters. The second-order valence-corrected chi connectivity index (χ2v) is 4.02. The van der Waals surface area contributed by atoms with Gasteiger partial charge in [-0.15, -0.1) is 0 Å². The van der Waals surface area contributed by atoms with Gasteiger partial charge in [0.05, 0.1) is 12.2 Å². The Bertz CT molecular complexity index is 208. The van der Waals surface area contributed by atoms with Crippen LogP contribution in [0, 0.1) is 5.92 Å². The van der Waals surface area contributed by atoms with E-state index < -0.39 is 12.2 Å². The number of rotatable bonds is 2. The van der Waals surface area contributed by atoms with E-state index >= 15 is 0 Å². The molecule has 4 nitrogen and oxygen atoms in total. The van der Waals surface area contributed by atoms with E-state index in [9.17, 15) is 15.0 Å². The average molecular weight is 231 g/mol. The molecule has 4 heteroatoms. The van der Waals surface area contributed by atoms with E-state index in [0.717, 1.165) is 6.42 Å². The molecule has 1 heterocycles. The fourth-order valence-electron chi connectivity index (χ4n) is 1.61. The number of aliphatic hydroxyl groups is 2. The van der Waals surface area contributed by atoms with Crippen LogP contribution in [0.4, 0.5) is 0 Å². The van der Waals surface area contributed by atoms with Crippen LogP contribution >= 0.6 is 0 Å². The fourth-order valence-corrected chi connectivity index (χ4v) is 1.61. The van der Waals surface area contributed by atoms with Gasteiger partial charge in [0.25, 0.3) is 0 Å². The van der Waals surface area contributed by atoms with Gasteiger partial charge in [-0.25, -0.2) is 0 Å². The second-order valence-electron chi connectivity index (χ2n) is 4.02. The van der Waals surface area contributed by atoms with Crippen LogP contribution in [-0.4, -0.2) is 46.3 Å². The number of β-amino-alcohol motifs (C(OH)–C–C–N with tert-alkyl or cyclic N) is 1. The van der Waals surface area contributed by atoms with E-state index in [1.165, 1.54) is 0 Å². The molecule has 1 fully saturated rings. The van der Waals surface area contributed by atoms with Crippen LogP contribution in [-0.2, 0) is 4.79 Å². The summed E-state index contributed by atoms with van der Waals surface area (Å²) in [6.45, 7) is 8.68. The molecule has 0 saturated carbocycles. The molecule has 96 valence electrons. The van der Waals surface area contributed by atoms with E-state index in [0.29, 0.717) is 13.0 Å². The van der Waals surface area contributed by atoms with Gasteiger partial charge in [0.2, 0.25) is 5.91 Å². The van der Waals surface area contributed by atoms with Crippen molar-refractivity contribution in [1.82, 2.24) is 4.90 Å². The molecule has 0 spiro atoms. The number of carbonyl (C=O) groups excluding carboxylic acids is 1. The zero-order valence-corrected chi connectivity index (χ0v) is 10.8. The van der Waals surface area contributed by atoms with Gasteiger partial charge in [-0.1, -0.05) is 27.7 Å². The monoisotopic (exact) mass is 231 g/mol. The summed E-state index contributed by atoms with van der Waals surface area (Å²) in [7, 11) is 0. The number of nitrogens with zero attached hydrogens (tertiary/aromatic N) is 1. The third kappa shape index (κ3) is 4.10. The molecule has 1 aliphatic rings. The zero-order chi connectivity index (χ0) is 12.7. The largest absolute Gasteiger partial charge is 0.390 e. The highest BCUT2D eigenvalue weighted by Crippen LogP contribution is 2.15. The summed E-state index contributed by atoms with van der Waals surface area (Å²) in [6.07, 6.45) is -0.162. The molecule has 1 aliphatic heterocycles. The predicted molar refractivity (Wildman–Crippen MR) is 64.0 cm³/mol. The van der Waals surface area contributed by atoms with E-state index in [1.807, 2.05) is 27.7 Å². The van der Waals surface area contributed by atoms with Gasteiger partial charge >= 0.3 is 0 Å². The van der Waals surface area contributed by atoms with Crippen LogP contribution in [0.2, 0.25) is 0 Å². The first kappa shape index (κ1) is 15.4. The number of likely N-dealkylation sites (tertiary alicyclic amines) is 1. The van der Waals surface area contributed by atoms with Crippen molar-refractivity contribution in [3.05, 3.63) is 0 Å². The average Bonchev–Trinajstić information content (AvgIpc) is 2.33. The fraction of sp³-hybridized carbons (Fsp3) is 0.917.